The molecule has 21 heavy (non-hydrogen) atoms. The molecule has 4 rings (SSSR count). The second-order valence-electron chi connectivity index (χ2n) is 6.21. The maximum atomic E-state index is 14.0. The highest BCUT2D eigenvalue weighted by Gasteiger charge is 2.82. The van der Waals surface area contributed by atoms with E-state index in [1.165, 1.54) is 0 Å². The van der Waals surface area contributed by atoms with Gasteiger partial charge in [-0.15, -0.1) is 0 Å². The normalized spacial score (nSPS) is 36.1. The minimum absolute atomic E-state index is 0.00403. The van der Waals surface area contributed by atoms with E-state index in [4.69, 9.17) is 16.3 Å². The molecule has 3 aliphatic rings. The zero-order valence-corrected chi connectivity index (χ0v) is 12.3. The molecule has 0 spiro atoms. The lowest BCUT2D eigenvalue weighted by molar-refractivity contribution is -0.0599. The van der Waals surface area contributed by atoms with Crippen molar-refractivity contribution in [2.75, 3.05) is 13.2 Å². The Balaban J connectivity index is 1.49. The average molecular weight is 315 g/mol. The fourth-order valence-corrected chi connectivity index (χ4v) is 4.01. The van der Waals surface area contributed by atoms with Crippen molar-refractivity contribution in [3.63, 3.8) is 0 Å². The monoisotopic (exact) mass is 314 g/mol. The van der Waals surface area contributed by atoms with Crippen LogP contribution in [0.15, 0.2) is 12.1 Å². The SMILES string of the molecule is FC1(F)[C@@H]2CCCO[C@@]21CNC1CCc2ccc(Cl)nc21. The number of aromatic nitrogens is 1. The van der Waals surface area contributed by atoms with Crippen LogP contribution >= 0.6 is 11.6 Å². The van der Waals surface area contributed by atoms with Crippen molar-refractivity contribution in [3.8, 4) is 0 Å². The Morgan fingerprint density at radius 3 is 3.05 bits per heavy atom. The van der Waals surface area contributed by atoms with Gasteiger partial charge >= 0.3 is 0 Å². The number of hydrogen-bond acceptors (Lipinski definition) is 3. The van der Waals surface area contributed by atoms with Gasteiger partial charge in [0.25, 0.3) is 5.92 Å². The van der Waals surface area contributed by atoms with Crippen LogP contribution in [0.4, 0.5) is 8.78 Å². The molecule has 1 saturated heterocycles. The molecule has 6 heteroatoms. The van der Waals surface area contributed by atoms with Gasteiger partial charge in [0, 0.05) is 13.2 Å². The van der Waals surface area contributed by atoms with Crippen LogP contribution in [0.3, 0.4) is 0 Å². The van der Waals surface area contributed by atoms with Crippen molar-refractivity contribution in [1.29, 1.82) is 0 Å². The quantitative estimate of drug-likeness (QED) is 0.870. The Morgan fingerprint density at radius 2 is 2.24 bits per heavy atom. The molecule has 3 nitrogen and oxygen atoms in total. The number of aryl methyl sites for hydroxylation is 1. The molecule has 0 amide bonds. The Bertz CT molecular complexity index is 583. The zero-order valence-electron chi connectivity index (χ0n) is 11.5. The van der Waals surface area contributed by atoms with Gasteiger partial charge in [-0.1, -0.05) is 17.7 Å². The maximum Gasteiger partial charge on any atom is 0.283 e. The Morgan fingerprint density at radius 1 is 1.38 bits per heavy atom. The summed E-state index contributed by atoms with van der Waals surface area (Å²) in [6.07, 6.45) is 3.06. The molecule has 2 fully saturated rings. The van der Waals surface area contributed by atoms with Crippen molar-refractivity contribution < 1.29 is 13.5 Å². The summed E-state index contributed by atoms with van der Waals surface area (Å²) in [6.45, 7) is 0.613. The molecule has 1 aliphatic heterocycles. The van der Waals surface area contributed by atoms with E-state index < -0.39 is 17.4 Å². The number of alkyl halides is 2. The van der Waals surface area contributed by atoms with Crippen LogP contribution in [0.1, 0.15) is 36.6 Å². The molecule has 0 bridgehead atoms. The number of halogens is 3. The van der Waals surface area contributed by atoms with Crippen molar-refractivity contribution >= 4 is 11.6 Å². The first-order chi connectivity index (χ1) is 10.0. The van der Waals surface area contributed by atoms with Gasteiger partial charge in [0.05, 0.1) is 17.7 Å². The number of pyridine rings is 1. The average Bonchev–Trinajstić information content (AvgIpc) is 2.78. The third-order valence-corrected chi connectivity index (χ3v) is 5.31. The van der Waals surface area contributed by atoms with Crippen LogP contribution in [0.25, 0.3) is 0 Å². The summed E-state index contributed by atoms with van der Waals surface area (Å²) in [7, 11) is 0. The van der Waals surface area contributed by atoms with Crippen LogP contribution in [-0.4, -0.2) is 29.7 Å². The van der Waals surface area contributed by atoms with Gasteiger partial charge in [0.2, 0.25) is 0 Å². The van der Waals surface area contributed by atoms with E-state index in [1.807, 2.05) is 6.07 Å². The summed E-state index contributed by atoms with van der Waals surface area (Å²) < 4.78 is 33.4. The second kappa shape index (κ2) is 4.61. The number of fused-ring (bicyclic) bond motifs is 2. The van der Waals surface area contributed by atoms with Gasteiger partial charge in [-0.3, -0.25) is 0 Å². The highest BCUT2D eigenvalue weighted by molar-refractivity contribution is 6.29. The summed E-state index contributed by atoms with van der Waals surface area (Å²) >= 11 is 5.93. The molecular formula is C15H17ClF2N2O. The minimum Gasteiger partial charge on any atom is -0.367 e. The Labute approximate surface area is 127 Å². The molecular weight excluding hydrogens is 298 g/mol. The van der Waals surface area contributed by atoms with Gasteiger partial charge in [0.15, 0.2) is 5.60 Å². The molecule has 1 N–H and O–H groups in total. The Kier molecular flexibility index (Phi) is 3.04. The van der Waals surface area contributed by atoms with Gasteiger partial charge in [0.1, 0.15) is 5.15 Å². The summed E-state index contributed by atoms with van der Waals surface area (Å²) in [5.41, 5.74) is 0.764. The number of ether oxygens (including phenoxy) is 1. The summed E-state index contributed by atoms with van der Waals surface area (Å²) in [6, 6.07) is 3.74. The second-order valence-corrected chi connectivity index (χ2v) is 6.59. The van der Waals surface area contributed by atoms with E-state index in [1.54, 1.807) is 6.07 Å². The first kappa shape index (κ1) is 13.9. The van der Waals surface area contributed by atoms with Crippen molar-refractivity contribution in [2.24, 2.45) is 5.92 Å². The smallest absolute Gasteiger partial charge is 0.283 e. The molecule has 0 aromatic carbocycles. The predicted octanol–water partition coefficient (Wildman–Crippen LogP) is 3.13. The van der Waals surface area contributed by atoms with Crippen LogP contribution in [-0.2, 0) is 11.2 Å². The van der Waals surface area contributed by atoms with Crippen molar-refractivity contribution in [2.45, 2.75) is 43.2 Å². The predicted molar refractivity (Wildman–Crippen MR) is 74.7 cm³/mol. The molecule has 1 saturated carbocycles. The molecule has 2 aliphatic carbocycles. The standard InChI is InChI=1S/C15H17ClF2N2O/c16-12-6-4-9-3-5-10(13(9)20-12)19-8-14-11(15(14,17)18)2-1-7-21-14/h4,6,10-11,19H,1-3,5,7-8H2/t10?,11-,14+/m1/s1. The number of rotatable bonds is 3. The van der Waals surface area contributed by atoms with E-state index in [-0.39, 0.29) is 12.6 Å². The van der Waals surface area contributed by atoms with E-state index in [2.05, 4.69) is 10.3 Å². The van der Waals surface area contributed by atoms with E-state index in [0.717, 1.165) is 30.5 Å². The van der Waals surface area contributed by atoms with Gasteiger partial charge < -0.3 is 10.1 Å². The third kappa shape index (κ3) is 1.94. The van der Waals surface area contributed by atoms with E-state index in [0.29, 0.717) is 18.2 Å². The lowest BCUT2D eigenvalue weighted by Crippen LogP contribution is -2.39. The zero-order chi connectivity index (χ0) is 14.7. The molecule has 1 aromatic heterocycles. The lowest BCUT2D eigenvalue weighted by atomic mass is 10.1. The number of hydrogen-bond donors (Lipinski definition) is 1. The van der Waals surface area contributed by atoms with Crippen LogP contribution in [0.2, 0.25) is 5.15 Å². The number of nitrogens with one attached hydrogen (secondary N) is 1. The van der Waals surface area contributed by atoms with E-state index in [9.17, 15) is 8.78 Å². The summed E-state index contributed by atoms with van der Waals surface area (Å²) in [5.74, 6) is -3.32. The summed E-state index contributed by atoms with van der Waals surface area (Å²) in [5, 5.41) is 3.69. The molecule has 2 heterocycles. The van der Waals surface area contributed by atoms with Crippen molar-refractivity contribution in [1.82, 2.24) is 10.3 Å². The third-order valence-electron chi connectivity index (χ3n) is 5.10. The van der Waals surface area contributed by atoms with Crippen LogP contribution in [0.5, 0.6) is 0 Å². The maximum absolute atomic E-state index is 14.0. The highest BCUT2D eigenvalue weighted by atomic mass is 35.5. The minimum atomic E-state index is -2.69. The number of nitrogens with zero attached hydrogens (tertiary/aromatic N) is 1. The molecule has 0 radical (unpaired) electrons. The largest absolute Gasteiger partial charge is 0.367 e. The van der Waals surface area contributed by atoms with Gasteiger partial charge in [-0.05, 0) is 37.3 Å². The van der Waals surface area contributed by atoms with Crippen molar-refractivity contribution in [3.05, 3.63) is 28.5 Å². The molecule has 1 aromatic rings. The van der Waals surface area contributed by atoms with Gasteiger partial charge in [-0.2, -0.15) is 0 Å². The molecule has 3 atom stereocenters. The van der Waals surface area contributed by atoms with Crippen LogP contribution in [0, 0.1) is 5.92 Å². The van der Waals surface area contributed by atoms with Gasteiger partial charge in [-0.25, -0.2) is 13.8 Å². The topological polar surface area (TPSA) is 34.1 Å². The van der Waals surface area contributed by atoms with Crippen LogP contribution < -0.4 is 5.32 Å². The molecule has 114 valence electrons. The fraction of sp³-hybridized carbons (Fsp3) is 0.667. The lowest BCUT2D eigenvalue weighted by Gasteiger charge is -2.24. The fourth-order valence-electron chi connectivity index (χ4n) is 3.85. The Hall–Kier alpha value is -0.780. The first-order valence-electron chi connectivity index (χ1n) is 7.45. The van der Waals surface area contributed by atoms with E-state index >= 15 is 0 Å². The molecule has 1 unspecified atom stereocenters. The summed E-state index contributed by atoms with van der Waals surface area (Å²) in [4.78, 5) is 4.35. The first-order valence-corrected chi connectivity index (χ1v) is 7.83. The highest BCUT2D eigenvalue weighted by Crippen LogP contribution is 2.64.